The second-order valence-corrected chi connectivity index (χ2v) is 8.43. The molecule has 2 heteroatoms. The molecular weight excluding hydrogens is 386 g/mol. The largest absolute Gasteiger partial charge is 0.207 e. The molecule has 0 N–H and O–H groups in total. The van der Waals surface area contributed by atoms with Crippen molar-refractivity contribution >= 4 is 0 Å². The molecule has 0 aliphatic rings. The van der Waals surface area contributed by atoms with Crippen molar-refractivity contribution in [1.82, 2.24) is 0 Å². The summed E-state index contributed by atoms with van der Waals surface area (Å²) in [4.78, 5) is 0. The number of hydrogen-bond acceptors (Lipinski definition) is 0. The average molecular weight is 425 g/mol. The molecule has 168 valence electrons. The van der Waals surface area contributed by atoms with Crippen LogP contribution in [0.15, 0.2) is 60.7 Å². The lowest BCUT2D eigenvalue weighted by Crippen LogP contribution is -1.94. The zero-order chi connectivity index (χ0) is 23.4. The van der Waals surface area contributed by atoms with Crippen LogP contribution in [0.4, 0.5) is 8.78 Å². The summed E-state index contributed by atoms with van der Waals surface area (Å²) in [6.45, 7) is 14.7. The number of benzene rings is 3. The van der Waals surface area contributed by atoms with Crippen LogP contribution in [0.2, 0.25) is 0 Å². The Morgan fingerprint density at radius 1 is 0.613 bits per heavy atom. The molecule has 0 radical (unpaired) electrons. The summed E-state index contributed by atoms with van der Waals surface area (Å²) >= 11 is 0. The topological polar surface area (TPSA) is 0 Å². The third-order valence-corrected chi connectivity index (χ3v) is 5.18. The van der Waals surface area contributed by atoms with E-state index in [-0.39, 0.29) is 11.6 Å². The standard InChI is InChI=1S/C12H18.C9H11F.C8H9F/c1-9(2)7-12-6-5-10(3)11(4)8-12;1-3-8-5-4-7(2)9(10)6-8;1-2-7-3-5-8(9)6-4-7/h5-6,8-9H,7H2,1-4H3;4-6H,3H2,1-2H3;3-6H,2H2,1H3. The van der Waals surface area contributed by atoms with Crippen molar-refractivity contribution in [2.45, 2.75) is 67.7 Å². The van der Waals surface area contributed by atoms with E-state index in [1.54, 1.807) is 25.1 Å². The van der Waals surface area contributed by atoms with Gasteiger partial charge in [0.05, 0.1) is 0 Å². The molecule has 3 rings (SSSR count). The highest BCUT2D eigenvalue weighted by molar-refractivity contribution is 5.30. The summed E-state index contributed by atoms with van der Waals surface area (Å²) in [6, 6.07) is 18.7. The van der Waals surface area contributed by atoms with Crippen LogP contribution >= 0.6 is 0 Å². The minimum Gasteiger partial charge on any atom is -0.207 e. The summed E-state index contributed by atoms with van der Waals surface area (Å²) in [5, 5.41) is 0. The molecule has 0 bridgehead atoms. The van der Waals surface area contributed by atoms with Crippen molar-refractivity contribution in [3.63, 3.8) is 0 Å². The first-order chi connectivity index (χ1) is 14.7. The second kappa shape index (κ2) is 13.7. The molecule has 0 spiro atoms. The van der Waals surface area contributed by atoms with Crippen LogP contribution in [-0.4, -0.2) is 0 Å². The first-order valence-electron chi connectivity index (χ1n) is 11.2. The molecule has 0 unspecified atom stereocenters. The lowest BCUT2D eigenvalue weighted by Gasteiger charge is -2.07. The third kappa shape index (κ3) is 10.4. The van der Waals surface area contributed by atoms with E-state index < -0.39 is 0 Å². The van der Waals surface area contributed by atoms with Gasteiger partial charge in [-0.1, -0.05) is 70.2 Å². The van der Waals surface area contributed by atoms with Crippen molar-refractivity contribution in [3.05, 3.63) is 106 Å². The molecule has 0 aliphatic carbocycles. The summed E-state index contributed by atoms with van der Waals surface area (Å²) in [6.07, 6.45) is 3.07. The van der Waals surface area contributed by atoms with E-state index in [1.807, 2.05) is 26.0 Å². The van der Waals surface area contributed by atoms with E-state index in [2.05, 4.69) is 45.9 Å². The fraction of sp³-hybridized carbons (Fsp3) is 0.379. The molecule has 0 saturated heterocycles. The lowest BCUT2D eigenvalue weighted by atomic mass is 9.99. The molecule has 0 nitrogen and oxygen atoms in total. The van der Waals surface area contributed by atoms with Gasteiger partial charge < -0.3 is 0 Å². The van der Waals surface area contributed by atoms with E-state index in [1.165, 1.54) is 40.8 Å². The molecule has 0 amide bonds. The minimum absolute atomic E-state index is 0.0978. The molecule has 31 heavy (non-hydrogen) atoms. The molecule has 0 fully saturated rings. The van der Waals surface area contributed by atoms with Gasteiger partial charge in [-0.15, -0.1) is 0 Å². The van der Waals surface area contributed by atoms with E-state index >= 15 is 0 Å². The van der Waals surface area contributed by atoms with Gasteiger partial charge in [0.25, 0.3) is 0 Å². The zero-order valence-electron chi connectivity index (χ0n) is 20.2. The van der Waals surface area contributed by atoms with Gasteiger partial charge in [-0.2, -0.15) is 0 Å². The maximum Gasteiger partial charge on any atom is 0.126 e. The van der Waals surface area contributed by atoms with E-state index in [9.17, 15) is 8.78 Å². The molecule has 0 aliphatic heterocycles. The van der Waals surface area contributed by atoms with Crippen LogP contribution in [0.25, 0.3) is 0 Å². The Bertz CT molecular complexity index is 909. The Morgan fingerprint density at radius 2 is 1.13 bits per heavy atom. The van der Waals surface area contributed by atoms with Crippen LogP contribution in [-0.2, 0) is 19.3 Å². The molecule has 3 aromatic rings. The summed E-state index contributed by atoms with van der Waals surface area (Å²) in [7, 11) is 0. The maximum atomic E-state index is 12.8. The maximum absolute atomic E-state index is 12.8. The Labute approximate surface area is 188 Å². The fourth-order valence-electron chi connectivity index (χ4n) is 2.98. The van der Waals surface area contributed by atoms with Crippen LogP contribution in [0.1, 0.15) is 61.1 Å². The molecular formula is C29H38F2. The van der Waals surface area contributed by atoms with Crippen molar-refractivity contribution in [3.8, 4) is 0 Å². The van der Waals surface area contributed by atoms with E-state index in [4.69, 9.17) is 0 Å². The first kappa shape index (κ1) is 26.6. The Balaban J connectivity index is 0.000000235. The first-order valence-corrected chi connectivity index (χ1v) is 11.2. The van der Waals surface area contributed by atoms with Crippen LogP contribution < -0.4 is 0 Å². The quantitative estimate of drug-likeness (QED) is 0.393. The highest BCUT2D eigenvalue weighted by Crippen LogP contribution is 2.13. The monoisotopic (exact) mass is 424 g/mol. The predicted molar refractivity (Wildman–Crippen MR) is 131 cm³/mol. The minimum atomic E-state index is -0.160. The van der Waals surface area contributed by atoms with Crippen LogP contribution in [0.5, 0.6) is 0 Å². The Morgan fingerprint density at radius 3 is 1.61 bits per heavy atom. The zero-order valence-corrected chi connectivity index (χ0v) is 20.2. The SMILES string of the molecule is CCc1ccc(C)c(F)c1.CCc1ccc(F)cc1.Cc1ccc(CC(C)C)cc1C. The average Bonchev–Trinajstić information content (AvgIpc) is 2.74. The van der Waals surface area contributed by atoms with Gasteiger partial charge in [0.2, 0.25) is 0 Å². The lowest BCUT2D eigenvalue weighted by molar-refractivity contribution is 0.616. The molecule has 0 atom stereocenters. The molecule has 0 heterocycles. The van der Waals surface area contributed by atoms with Crippen molar-refractivity contribution < 1.29 is 8.78 Å². The summed E-state index contributed by atoms with van der Waals surface area (Å²) < 4.78 is 25.0. The number of aryl methyl sites for hydroxylation is 5. The number of halogens is 2. The van der Waals surface area contributed by atoms with Crippen molar-refractivity contribution in [1.29, 1.82) is 0 Å². The third-order valence-electron chi connectivity index (χ3n) is 5.18. The van der Waals surface area contributed by atoms with E-state index in [0.29, 0.717) is 0 Å². The van der Waals surface area contributed by atoms with Crippen molar-refractivity contribution in [2.24, 2.45) is 5.92 Å². The van der Waals surface area contributed by atoms with Gasteiger partial charge in [-0.25, -0.2) is 8.78 Å². The van der Waals surface area contributed by atoms with Crippen molar-refractivity contribution in [2.75, 3.05) is 0 Å². The fourth-order valence-corrected chi connectivity index (χ4v) is 2.98. The Hall–Kier alpha value is -2.48. The highest BCUT2D eigenvalue weighted by atomic mass is 19.1. The summed E-state index contributed by atoms with van der Waals surface area (Å²) in [5.74, 6) is 0.499. The molecule has 3 aromatic carbocycles. The molecule has 0 saturated carbocycles. The van der Waals surface area contributed by atoms with Gasteiger partial charge in [0.1, 0.15) is 11.6 Å². The highest BCUT2D eigenvalue weighted by Gasteiger charge is 1.99. The number of rotatable bonds is 4. The smallest absolute Gasteiger partial charge is 0.126 e. The number of hydrogen-bond donors (Lipinski definition) is 0. The van der Waals surface area contributed by atoms with Gasteiger partial charge in [0, 0.05) is 0 Å². The van der Waals surface area contributed by atoms with E-state index in [0.717, 1.165) is 29.9 Å². The van der Waals surface area contributed by atoms with Crippen LogP contribution in [0, 0.1) is 38.3 Å². The predicted octanol–water partition coefficient (Wildman–Crippen LogP) is 8.59. The van der Waals surface area contributed by atoms with Crippen LogP contribution in [0.3, 0.4) is 0 Å². The van der Waals surface area contributed by atoms with Gasteiger partial charge in [-0.05, 0) is 97.5 Å². The van der Waals surface area contributed by atoms with Gasteiger partial charge in [0.15, 0.2) is 0 Å². The Kier molecular flexibility index (Phi) is 11.8. The summed E-state index contributed by atoms with van der Waals surface area (Å²) in [5.41, 5.74) is 7.22. The second-order valence-electron chi connectivity index (χ2n) is 8.43. The van der Waals surface area contributed by atoms with Gasteiger partial charge in [-0.3, -0.25) is 0 Å². The van der Waals surface area contributed by atoms with Gasteiger partial charge >= 0.3 is 0 Å². The normalized spacial score (nSPS) is 10.1. The molecule has 0 aromatic heterocycles.